The van der Waals surface area contributed by atoms with E-state index in [2.05, 4.69) is 32.0 Å². The second-order valence-corrected chi connectivity index (χ2v) is 9.76. The van der Waals surface area contributed by atoms with Crippen LogP contribution in [0.4, 0.5) is 0 Å². The Bertz CT molecular complexity index is 1180. The smallest absolute Gasteiger partial charge is 0.310 e. The molecule has 1 amide bonds. The molecule has 8 nitrogen and oxygen atoms in total. The van der Waals surface area contributed by atoms with Crippen molar-refractivity contribution in [1.29, 1.82) is 0 Å². The molecule has 1 saturated heterocycles. The van der Waals surface area contributed by atoms with Gasteiger partial charge in [0.1, 0.15) is 11.5 Å². The summed E-state index contributed by atoms with van der Waals surface area (Å²) in [6.45, 7) is 7.82. The van der Waals surface area contributed by atoms with Gasteiger partial charge in [-0.25, -0.2) is 5.01 Å². The zero-order chi connectivity index (χ0) is 26.5. The van der Waals surface area contributed by atoms with Gasteiger partial charge in [0, 0.05) is 24.6 Å². The van der Waals surface area contributed by atoms with Crippen molar-refractivity contribution >= 4 is 17.6 Å². The predicted octanol–water partition coefficient (Wildman–Crippen LogP) is 4.27. The molecule has 37 heavy (non-hydrogen) atoms. The lowest BCUT2D eigenvalue weighted by molar-refractivity contribution is -0.150. The molecule has 0 aromatic heterocycles. The second-order valence-electron chi connectivity index (χ2n) is 9.76. The summed E-state index contributed by atoms with van der Waals surface area (Å²) in [5, 5.41) is 6.48. The maximum Gasteiger partial charge on any atom is 0.310 e. The Hall–Kier alpha value is -3.39. The molecule has 2 heterocycles. The van der Waals surface area contributed by atoms with E-state index in [9.17, 15) is 9.59 Å². The van der Waals surface area contributed by atoms with Gasteiger partial charge in [-0.1, -0.05) is 23.8 Å². The zero-order valence-electron chi connectivity index (χ0n) is 22.5. The first-order valence-electron chi connectivity index (χ1n) is 12.9. The maximum absolute atomic E-state index is 13.7. The molecule has 0 saturated carbocycles. The summed E-state index contributed by atoms with van der Waals surface area (Å²) in [6.07, 6.45) is 2.22. The highest BCUT2D eigenvalue weighted by atomic mass is 16.5. The van der Waals surface area contributed by atoms with Crippen LogP contribution in [0, 0.1) is 19.8 Å². The fraction of sp³-hybridized carbons (Fsp3) is 0.483. The summed E-state index contributed by atoms with van der Waals surface area (Å²) in [6, 6.07) is 11.7. The van der Waals surface area contributed by atoms with Crippen molar-refractivity contribution in [3.8, 4) is 11.5 Å². The van der Waals surface area contributed by atoms with Crippen LogP contribution in [-0.4, -0.2) is 68.0 Å². The van der Waals surface area contributed by atoms with Crippen molar-refractivity contribution in [2.24, 2.45) is 11.0 Å². The SMILES string of the molecule is CCOC(=O)[C@@H]1CCCN(CC(=O)N2N=C(c3ccc(OC)cc3OC)C[C@@H]2c2ccc(C)cc2C)C1. The lowest BCUT2D eigenvalue weighted by atomic mass is 9.93. The Balaban J connectivity index is 1.62. The van der Waals surface area contributed by atoms with Gasteiger partial charge < -0.3 is 14.2 Å². The molecule has 0 unspecified atom stereocenters. The van der Waals surface area contributed by atoms with Gasteiger partial charge in [-0.05, 0) is 63.4 Å². The predicted molar refractivity (Wildman–Crippen MR) is 142 cm³/mol. The number of methoxy groups -OCH3 is 2. The molecule has 2 aliphatic heterocycles. The van der Waals surface area contributed by atoms with E-state index in [1.807, 2.05) is 30.0 Å². The number of ether oxygens (including phenoxy) is 3. The van der Waals surface area contributed by atoms with Gasteiger partial charge in [0.2, 0.25) is 0 Å². The van der Waals surface area contributed by atoms with Gasteiger partial charge in [-0.2, -0.15) is 5.10 Å². The number of carbonyl (C=O) groups is 2. The van der Waals surface area contributed by atoms with E-state index in [4.69, 9.17) is 19.3 Å². The van der Waals surface area contributed by atoms with Crippen molar-refractivity contribution in [3.63, 3.8) is 0 Å². The molecule has 0 N–H and O–H groups in total. The van der Waals surface area contributed by atoms with Crippen LogP contribution in [0.15, 0.2) is 41.5 Å². The van der Waals surface area contributed by atoms with Crippen molar-refractivity contribution in [2.45, 2.75) is 46.1 Å². The quantitative estimate of drug-likeness (QED) is 0.497. The number of piperidine rings is 1. The van der Waals surface area contributed by atoms with Crippen LogP contribution in [0.1, 0.15) is 54.5 Å². The molecular weight excluding hydrogens is 470 g/mol. The summed E-state index contributed by atoms with van der Waals surface area (Å²) < 4.78 is 16.2. The number of hydrazone groups is 1. The van der Waals surface area contributed by atoms with Crippen LogP contribution in [0.25, 0.3) is 0 Å². The first kappa shape index (κ1) is 26.7. The number of carbonyl (C=O) groups excluding carboxylic acids is 2. The molecule has 2 aromatic carbocycles. The molecule has 8 heteroatoms. The molecule has 1 fully saturated rings. The lowest BCUT2D eigenvalue weighted by Crippen LogP contribution is -2.44. The summed E-state index contributed by atoms with van der Waals surface area (Å²) in [5.41, 5.74) is 5.01. The number of amides is 1. The topological polar surface area (TPSA) is 80.7 Å². The molecule has 0 bridgehead atoms. The van der Waals surface area contributed by atoms with Crippen LogP contribution < -0.4 is 9.47 Å². The number of hydrogen-bond donors (Lipinski definition) is 0. The minimum absolute atomic E-state index is 0.0861. The number of rotatable bonds is 8. The van der Waals surface area contributed by atoms with E-state index >= 15 is 0 Å². The third kappa shape index (κ3) is 5.96. The second kappa shape index (κ2) is 11.8. The van der Waals surface area contributed by atoms with Crippen LogP contribution in [-0.2, 0) is 14.3 Å². The molecule has 2 aromatic rings. The Morgan fingerprint density at radius 2 is 1.89 bits per heavy atom. The first-order chi connectivity index (χ1) is 17.8. The summed E-state index contributed by atoms with van der Waals surface area (Å²) in [5.74, 6) is 0.884. The molecule has 0 spiro atoms. The number of esters is 1. The van der Waals surface area contributed by atoms with Gasteiger partial charge in [0.05, 0.1) is 45.0 Å². The zero-order valence-corrected chi connectivity index (χ0v) is 22.5. The van der Waals surface area contributed by atoms with Crippen molar-refractivity contribution in [3.05, 3.63) is 58.7 Å². The standard InChI is InChI=1S/C29H37N3O5/c1-6-37-29(34)21-8-7-13-31(17-21)18-28(33)32-26(23-11-9-19(2)14-20(23)3)16-25(30-32)24-12-10-22(35-4)15-27(24)36-5/h9-12,14-15,21,26H,6-8,13,16-18H2,1-5H3/t21-,26-/m1/s1. The third-order valence-corrected chi connectivity index (χ3v) is 7.15. The lowest BCUT2D eigenvalue weighted by Gasteiger charge is -2.32. The van der Waals surface area contributed by atoms with E-state index in [1.165, 1.54) is 5.56 Å². The van der Waals surface area contributed by atoms with Crippen LogP contribution in [0.5, 0.6) is 11.5 Å². The Morgan fingerprint density at radius 1 is 1.08 bits per heavy atom. The fourth-order valence-corrected chi connectivity index (χ4v) is 5.30. The highest BCUT2D eigenvalue weighted by molar-refractivity contribution is 6.05. The highest BCUT2D eigenvalue weighted by Gasteiger charge is 2.36. The van der Waals surface area contributed by atoms with Gasteiger partial charge in [0.15, 0.2) is 0 Å². The van der Waals surface area contributed by atoms with Gasteiger partial charge in [-0.15, -0.1) is 0 Å². The highest BCUT2D eigenvalue weighted by Crippen LogP contribution is 2.37. The summed E-state index contributed by atoms with van der Waals surface area (Å²) in [4.78, 5) is 28.1. The van der Waals surface area contributed by atoms with E-state index in [0.717, 1.165) is 41.8 Å². The average molecular weight is 508 g/mol. The van der Waals surface area contributed by atoms with Crippen molar-refractivity contribution in [2.75, 3.05) is 40.5 Å². The van der Waals surface area contributed by atoms with Crippen LogP contribution in [0.2, 0.25) is 0 Å². The fourth-order valence-electron chi connectivity index (χ4n) is 5.30. The Labute approximate surface area is 219 Å². The summed E-state index contributed by atoms with van der Waals surface area (Å²) >= 11 is 0. The normalized spacial score (nSPS) is 19.9. The number of aryl methyl sites for hydroxylation is 2. The van der Waals surface area contributed by atoms with Gasteiger partial charge in [0.25, 0.3) is 5.91 Å². The number of benzene rings is 2. The Morgan fingerprint density at radius 3 is 2.59 bits per heavy atom. The van der Waals surface area contributed by atoms with Crippen molar-refractivity contribution < 1.29 is 23.8 Å². The molecule has 4 rings (SSSR count). The molecule has 2 aliphatic rings. The van der Waals surface area contributed by atoms with E-state index in [0.29, 0.717) is 31.1 Å². The van der Waals surface area contributed by atoms with Crippen LogP contribution in [0.3, 0.4) is 0 Å². The van der Waals surface area contributed by atoms with E-state index < -0.39 is 0 Å². The average Bonchev–Trinajstić information content (AvgIpc) is 3.33. The molecular formula is C29H37N3O5. The monoisotopic (exact) mass is 507 g/mol. The third-order valence-electron chi connectivity index (χ3n) is 7.15. The van der Waals surface area contributed by atoms with Crippen LogP contribution >= 0.6 is 0 Å². The number of nitrogens with zero attached hydrogens (tertiary/aromatic N) is 3. The van der Waals surface area contributed by atoms with Gasteiger partial charge >= 0.3 is 5.97 Å². The molecule has 2 atom stereocenters. The molecule has 0 aliphatic carbocycles. The minimum atomic E-state index is -0.222. The molecule has 0 radical (unpaired) electrons. The summed E-state index contributed by atoms with van der Waals surface area (Å²) in [7, 11) is 3.24. The number of likely N-dealkylation sites (tertiary alicyclic amines) is 1. The van der Waals surface area contributed by atoms with E-state index in [-0.39, 0.29) is 30.4 Å². The Kier molecular flexibility index (Phi) is 8.48. The number of hydrogen-bond acceptors (Lipinski definition) is 7. The minimum Gasteiger partial charge on any atom is -0.497 e. The molecule has 198 valence electrons. The van der Waals surface area contributed by atoms with E-state index in [1.54, 1.807) is 19.2 Å². The maximum atomic E-state index is 13.7. The van der Waals surface area contributed by atoms with Gasteiger partial charge in [-0.3, -0.25) is 14.5 Å². The largest absolute Gasteiger partial charge is 0.497 e. The van der Waals surface area contributed by atoms with Crippen molar-refractivity contribution in [1.82, 2.24) is 9.91 Å². The first-order valence-corrected chi connectivity index (χ1v) is 12.9.